The highest BCUT2D eigenvalue weighted by Crippen LogP contribution is 2.27. The number of nitrogens with two attached hydrogens (primary N) is 1. The van der Waals surface area contributed by atoms with Crippen LogP contribution in [0.3, 0.4) is 0 Å². The molecule has 15 heavy (non-hydrogen) atoms. The van der Waals surface area contributed by atoms with Gasteiger partial charge in [-0.2, -0.15) is 0 Å². The first-order valence-corrected chi connectivity index (χ1v) is 6.35. The van der Waals surface area contributed by atoms with Crippen LogP contribution in [0.5, 0.6) is 0 Å². The molecule has 0 aromatic heterocycles. The lowest BCUT2D eigenvalue weighted by Gasteiger charge is -2.28. The molecule has 0 bridgehead atoms. The highest BCUT2D eigenvalue weighted by atomic mass is 15.2. The van der Waals surface area contributed by atoms with Crippen LogP contribution < -0.4 is 5.73 Å². The van der Waals surface area contributed by atoms with Crippen molar-refractivity contribution in [3.05, 3.63) is 0 Å². The molecule has 0 aromatic rings. The molecule has 3 heteroatoms. The molecule has 1 aliphatic heterocycles. The summed E-state index contributed by atoms with van der Waals surface area (Å²) in [6.45, 7) is 6.92. The molecule has 2 unspecified atom stereocenters. The summed E-state index contributed by atoms with van der Waals surface area (Å²) >= 11 is 0. The number of hydrogen-bond donors (Lipinski definition) is 1. The zero-order valence-electron chi connectivity index (χ0n) is 10.2. The molecule has 1 saturated heterocycles. The summed E-state index contributed by atoms with van der Waals surface area (Å²) in [7, 11) is 2.28. The second kappa shape index (κ2) is 4.81. The van der Waals surface area contributed by atoms with Gasteiger partial charge in [-0.05, 0) is 52.2 Å². The molecule has 2 atom stereocenters. The minimum atomic E-state index is 0.703. The number of hydrogen-bond acceptors (Lipinski definition) is 3. The van der Waals surface area contributed by atoms with Gasteiger partial charge >= 0.3 is 0 Å². The van der Waals surface area contributed by atoms with E-state index in [0.717, 1.165) is 18.5 Å². The van der Waals surface area contributed by atoms with Gasteiger partial charge in [-0.3, -0.25) is 4.90 Å². The Bertz CT molecular complexity index is 203. The lowest BCUT2D eigenvalue weighted by molar-refractivity contribution is 0.182. The van der Waals surface area contributed by atoms with Crippen molar-refractivity contribution < 1.29 is 0 Å². The Morgan fingerprint density at radius 1 is 1.40 bits per heavy atom. The van der Waals surface area contributed by atoms with E-state index in [1.165, 1.54) is 38.9 Å². The molecule has 2 N–H and O–H groups in total. The van der Waals surface area contributed by atoms with Crippen molar-refractivity contribution >= 4 is 0 Å². The number of likely N-dealkylation sites (N-methyl/N-ethyl adjacent to an activating group) is 1. The summed E-state index contributed by atoms with van der Waals surface area (Å²) in [4.78, 5) is 5.14. The van der Waals surface area contributed by atoms with Gasteiger partial charge in [-0.25, -0.2) is 0 Å². The Balaban J connectivity index is 1.71. The van der Waals surface area contributed by atoms with Crippen LogP contribution in [0.25, 0.3) is 0 Å². The molecule has 0 spiro atoms. The van der Waals surface area contributed by atoms with Gasteiger partial charge in [-0.15, -0.1) is 0 Å². The van der Waals surface area contributed by atoms with Gasteiger partial charge in [0.15, 0.2) is 0 Å². The van der Waals surface area contributed by atoms with Gasteiger partial charge in [0, 0.05) is 25.2 Å². The molecular formula is C12H25N3. The second-order valence-corrected chi connectivity index (χ2v) is 5.40. The normalized spacial score (nSPS) is 30.0. The van der Waals surface area contributed by atoms with E-state index < -0.39 is 0 Å². The molecule has 1 saturated carbocycles. The molecule has 0 radical (unpaired) electrons. The molecule has 2 aliphatic rings. The fourth-order valence-electron chi connectivity index (χ4n) is 2.62. The van der Waals surface area contributed by atoms with Crippen LogP contribution in [-0.2, 0) is 0 Å². The van der Waals surface area contributed by atoms with Crippen LogP contribution in [0.4, 0.5) is 0 Å². The first-order chi connectivity index (χ1) is 7.20. The topological polar surface area (TPSA) is 32.5 Å². The first kappa shape index (κ1) is 11.4. The van der Waals surface area contributed by atoms with Crippen molar-refractivity contribution in [2.45, 2.75) is 38.3 Å². The zero-order chi connectivity index (χ0) is 10.8. The molecule has 2 fully saturated rings. The maximum absolute atomic E-state index is 5.71. The van der Waals surface area contributed by atoms with Crippen molar-refractivity contribution in [3.8, 4) is 0 Å². The predicted octanol–water partition coefficient (Wildman–Crippen LogP) is 0.750. The predicted molar refractivity (Wildman–Crippen MR) is 63.8 cm³/mol. The standard InChI is InChI=1S/C12H25N3/c1-10(14(2)12-3-4-12)8-15-6-5-11(7-13)9-15/h10-12H,3-9,13H2,1-2H3. The van der Waals surface area contributed by atoms with Gasteiger partial charge < -0.3 is 10.6 Å². The molecule has 1 aliphatic carbocycles. The van der Waals surface area contributed by atoms with Crippen LogP contribution in [-0.4, -0.2) is 55.1 Å². The van der Waals surface area contributed by atoms with Gasteiger partial charge in [-0.1, -0.05) is 0 Å². The van der Waals surface area contributed by atoms with E-state index in [9.17, 15) is 0 Å². The van der Waals surface area contributed by atoms with E-state index in [0.29, 0.717) is 6.04 Å². The molecule has 3 nitrogen and oxygen atoms in total. The van der Waals surface area contributed by atoms with Crippen LogP contribution in [0, 0.1) is 5.92 Å². The zero-order valence-corrected chi connectivity index (χ0v) is 10.2. The van der Waals surface area contributed by atoms with Crippen molar-refractivity contribution in [3.63, 3.8) is 0 Å². The SMILES string of the molecule is CC(CN1CCC(CN)C1)N(C)C1CC1. The van der Waals surface area contributed by atoms with E-state index in [-0.39, 0.29) is 0 Å². The average Bonchev–Trinajstić information content (AvgIpc) is 2.98. The number of rotatable bonds is 5. The van der Waals surface area contributed by atoms with Crippen LogP contribution in [0.1, 0.15) is 26.2 Å². The van der Waals surface area contributed by atoms with E-state index >= 15 is 0 Å². The maximum Gasteiger partial charge on any atom is 0.0194 e. The molecule has 1 heterocycles. The van der Waals surface area contributed by atoms with E-state index in [1.807, 2.05) is 0 Å². The summed E-state index contributed by atoms with van der Waals surface area (Å²) in [5, 5.41) is 0. The largest absolute Gasteiger partial charge is 0.330 e. The Morgan fingerprint density at radius 3 is 2.67 bits per heavy atom. The maximum atomic E-state index is 5.71. The number of nitrogens with zero attached hydrogens (tertiary/aromatic N) is 2. The van der Waals surface area contributed by atoms with Crippen molar-refractivity contribution in [1.29, 1.82) is 0 Å². The third-order valence-electron chi connectivity index (χ3n) is 4.04. The average molecular weight is 211 g/mol. The Labute approximate surface area is 93.6 Å². The summed E-state index contributed by atoms with van der Waals surface area (Å²) in [5.74, 6) is 0.753. The van der Waals surface area contributed by atoms with E-state index in [2.05, 4.69) is 23.8 Å². The molecular weight excluding hydrogens is 186 g/mol. The van der Waals surface area contributed by atoms with Gasteiger partial charge in [0.05, 0.1) is 0 Å². The summed E-state index contributed by atoms with van der Waals surface area (Å²) in [6.07, 6.45) is 4.12. The van der Waals surface area contributed by atoms with Crippen LogP contribution >= 0.6 is 0 Å². The van der Waals surface area contributed by atoms with Crippen molar-refractivity contribution in [2.75, 3.05) is 33.2 Å². The van der Waals surface area contributed by atoms with Gasteiger partial charge in [0.1, 0.15) is 0 Å². The van der Waals surface area contributed by atoms with E-state index in [4.69, 9.17) is 5.73 Å². The Kier molecular flexibility index (Phi) is 3.65. The van der Waals surface area contributed by atoms with Crippen LogP contribution in [0.2, 0.25) is 0 Å². The summed E-state index contributed by atoms with van der Waals surface area (Å²) in [5.41, 5.74) is 5.71. The minimum absolute atomic E-state index is 0.703. The van der Waals surface area contributed by atoms with Crippen molar-refractivity contribution in [1.82, 2.24) is 9.80 Å². The molecule has 2 rings (SSSR count). The Morgan fingerprint density at radius 2 is 2.13 bits per heavy atom. The first-order valence-electron chi connectivity index (χ1n) is 6.35. The third-order valence-corrected chi connectivity index (χ3v) is 4.04. The lowest BCUT2D eigenvalue weighted by atomic mass is 10.1. The summed E-state index contributed by atoms with van der Waals surface area (Å²) < 4.78 is 0. The second-order valence-electron chi connectivity index (χ2n) is 5.40. The lowest BCUT2D eigenvalue weighted by Crippen LogP contribution is -2.40. The van der Waals surface area contributed by atoms with Gasteiger partial charge in [0.25, 0.3) is 0 Å². The Hall–Kier alpha value is -0.120. The summed E-state index contributed by atoms with van der Waals surface area (Å²) in [6, 6.07) is 1.59. The fraction of sp³-hybridized carbons (Fsp3) is 1.00. The smallest absolute Gasteiger partial charge is 0.0194 e. The molecule has 0 amide bonds. The molecule has 0 aromatic carbocycles. The minimum Gasteiger partial charge on any atom is -0.330 e. The fourth-order valence-corrected chi connectivity index (χ4v) is 2.62. The number of likely N-dealkylation sites (tertiary alicyclic amines) is 1. The third kappa shape index (κ3) is 2.92. The highest BCUT2D eigenvalue weighted by molar-refractivity contribution is 4.87. The highest BCUT2D eigenvalue weighted by Gasteiger charge is 2.31. The monoisotopic (exact) mass is 211 g/mol. The van der Waals surface area contributed by atoms with Gasteiger partial charge in [0.2, 0.25) is 0 Å². The van der Waals surface area contributed by atoms with E-state index in [1.54, 1.807) is 0 Å². The van der Waals surface area contributed by atoms with Crippen LogP contribution in [0.15, 0.2) is 0 Å². The van der Waals surface area contributed by atoms with Crippen molar-refractivity contribution in [2.24, 2.45) is 11.7 Å². The molecule has 88 valence electrons. The quantitative estimate of drug-likeness (QED) is 0.728.